The molecule has 0 saturated heterocycles. The molecule has 0 radical (unpaired) electrons. The summed E-state index contributed by atoms with van der Waals surface area (Å²) in [5.74, 6) is 0. The van der Waals surface area contributed by atoms with Crippen LogP contribution >= 0.6 is 0 Å². The quantitative estimate of drug-likeness (QED) is 0.767. The van der Waals surface area contributed by atoms with Gasteiger partial charge in [-0.2, -0.15) is 0 Å². The van der Waals surface area contributed by atoms with Gasteiger partial charge in [0.25, 0.3) is 0 Å². The number of para-hydroxylation sites is 2. The summed E-state index contributed by atoms with van der Waals surface area (Å²) >= 11 is 0. The van der Waals surface area contributed by atoms with Crippen molar-refractivity contribution in [3.8, 4) is 0 Å². The van der Waals surface area contributed by atoms with Crippen LogP contribution in [-0.4, -0.2) is 15.6 Å². The van der Waals surface area contributed by atoms with Gasteiger partial charge in [0.1, 0.15) is 0 Å². The smallest absolute Gasteiger partial charge is 0.0961 e. The van der Waals surface area contributed by atoms with Crippen LogP contribution in [0.3, 0.4) is 0 Å². The SMILES string of the molecule is NC1CCCC1n1cnc2ccccc21. The van der Waals surface area contributed by atoms with Gasteiger partial charge in [-0.05, 0) is 31.4 Å². The van der Waals surface area contributed by atoms with Crippen molar-refractivity contribution in [1.82, 2.24) is 9.55 Å². The molecule has 3 nitrogen and oxygen atoms in total. The second kappa shape index (κ2) is 3.35. The minimum atomic E-state index is 0.294. The molecule has 0 bridgehead atoms. The van der Waals surface area contributed by atoms with E-state index in [0.717, 1.165) is 11.9 Å². The average Bonchev–Trinajstić information content (AvgIpc) is 2.83. The number of aromatic nitrogens is 2. The lowest BCUT2D eigenvalue weighted by Crippen LogP contribution is -2.26. The van der Waals surface area contributed by atoms with Crippen molar-refractivity contribution in [2.75, 3.05) is 0 Å². The van der Waals surface area contributed by atoms with E-state index in [-0.39, 0.29) is 0 Å². The second-order valence-electron chi connectivity index (χ2n) is 4.30. The van der Waals surface area contributed by atoms with E-state index < -0.39 is 0 Å². The number of fused-ring (bicyclic) bond motifs is 1. The Bertz CT molecular complexity index is 474. The molecule has 2 N–H and O–H groups in total. The molecule has 0 amide bonds. The monoisotopic (exact) mass is 201 g/mol. The van der Waals surface area contributed by atoms with E-state index in [9.17, 15) is 0 Å². The first-order valence-electron chi connectivity index (χ1n) is 5.53. The van der Waals surface area contributed by atoms with Crippen LogP contribution < -0.4 is 5.73 Å². The predicted octanol–water partition coefficient (Wildman–Crippen LogP) is 2.09. The summed E-state index contributed by atoms with van der Waals surface area (Å²) in [5.41, 5.74) is 8.39. The van der Waals surface area contributed by atoms with Crippen molar-refractivity contribution in [3.05, 3.63) is 30.6 Å². The average molecular weight is 201 g/mol. The zero-order valence-corrected chi connectivity index (χ0v) is 8.63. The number of imidazole rings is 1. The fourth-order valence-corrected chi connectivity index (χ4v) is 2.56. The third-order valence-corrected chi connectivity index (χ3v) is 3.37. The summed E-state index contributed by atoms with van der Waals surface area (Å²) in [7, 11) is 0. The van der Waals surface area contributed by atoms with E-state index in [2.05, 4.69) is 21.7 Å². The van der Waals surface area contributed by atoms with Crippen molar-refractivity contribution in [2.24, 2.45) is 5.73 Å². The Morgan fingerprint density at radius 3 is 2.93 bits per heavy atom. The lowest BCUT2D eigenvalue weighted by Gasteiger charge is -2.17. The van der Waals surface area contributed by atoms with Crippen molar-refractivity contribution >= 4 is 11.0 Å². The lowest BCUT2D eigenvalue weighted by atomic mass is 10.2. The molecule has 1 saturated carbocycles. The molecule has 1 aliphatic carbocycles. The van der Waals surface area contributed by atoms with Gasteiger partial charge >= 0.3 is 0 Å². The van der Waals surface area contributed by atoms with Gasteiger partial charge in [-0.25, -0.2) is 4.98 Å². The van der Waals surface area contributed by atoms with Crippen LogP contribution in [0.15, 0.2) is 30.6 Å². The normalized spacial score (nSPS) is 26.2. The third-order valence-electron chi connectivity index (χ3n) is 3.37. The van der Waals surface area contributed by atoms with Gasteiger partial charge < -0.3 is 10.3 Å². The molecule has 3 rings (SSSR count). The number of nitrogens with zero attached hydrogens (tertiary/aromatic N) is 2. The predicted molar refractivity (Wildman–Crippen MR) is 60.6 cm³/mol. The molecular formula is C12H15N3. The standard InChI is InChI=1S/C12H15N3/c13-9-4-3-7-11(9)15-8-14-10-5-1-2-6-12(10)15/h1-2,5-6,8-9,11H,3-4,7,13H2. The topological polar surface area (TPSA) is 43.8 Å². The summed E-state index contributed by atoms with van der Waals surface area (Å²) in [6.07, 6.45) is 5.48. The van der Waals surface area contributed by atoms with E-state index in [0.29, 0.717) is 12.1 Å². The molecule has 2 aromatic rings. The molecule has 1 aliphatic rings. The van der Waals surface area contributed by atoms with Gasteiger partial charge in [-0.15, -0.1) is 0 Å². The molecule has 2 unspecified atom stereocenters. The Balaban J connectivity index is 2.10. The van der Waals surface area contributed by atoms with Gasteiger partial charge in [0, 0.05) is 6.04 Å². The summed E-state index contributed by atoms with van der Waals surface area (Å²) in [6.45, 7) is 0. The maximum atomic E-state index is 6.11. The number of hydrogen-bond acceptors (Lipinski definition) is 2. The van der Waals surface area contributed by atoms with Crippen LogP contribution in [0.5, 0.6) is 0 Å². The highest BCUT2D eigenvalue weighted by atomic mass is 15.1. The zero-order valence-electron chi connectivity index (χ0n) is 8.63. The van der Waals surface area contributed by atoms with Crippen molar-refractivity contribution < 1.29 is 0 Å². The molecule has 0 spiro atoms. The van der Waals surface area contributed by atoms with E-state index >= 15 is 0 Å². The molecule has 2 atom stereocenters. The molecule has 0 aliphatic heterocycles. The van der Waals surface area contributed by atoms with Gasteiger partial charge in [0.05, 0.1) is 23.4 Å². The minimum Gasteiger partial charge on any atom is -0.326 e. The molecule has 1 heterocycles. The van der Waals surface area contributed by atoms with Crippen LogP contribution in [0.25, 0.3) is 11.0 Å². The summed E-state index contributed by atoms with van der Waals surface area (Å²) in [6, 6.07) is 8.98. The van der Waals surface area contributed by atoms with Gasteiger partial charge in [-0.1, -0.05) is 12.1 Å². The van der Waals surface area contributed by atoms with Crippen molar-refractivity contribution in [3.63, 3.8) is 0 Å². The Kier molecular flexibility index (Phi) is 1.99. The second-order valence-corrected chi connectivity index (χ2v) is 4.30. The molecule has 3 heteroatoms. The fourth-order valence-electron chi connectivity index (χ4n) is 2.56. The van der Waals surface area contributed by atoms with E-state index in [1.54, 1.807) is 0 Å². The highest BCUT2D eigenvalue weighted by Gasteiger charge is 2.26. The van der Waals surface area contributed by atoms with Crippen molar-refractivity contribution in [1.29, 1.82) is 0 Å². The molecule has 78 valence electrons. The van der Waals surface area contributed by atoms with E-state index in [1.807, 2.05) is 18.5 Å². The van der Waals surface area contributed by atoms with E-state index in [1.165, 1.54) is 18.4 Å². The Morgan fingerprint density at radius 1 is 1.27 bits per heavy atom. The molecule has 1 fully saturated rings. The van der Waals surface area contributed by atoms with Crippen molar-refractivity contribution in [2.45, 2.75) is 31.3 Å². The largest absolute Gasteiger partial charge is 0.326 e. The first-order chi connectivity index (χ1) is 7.36. The Morgan fingerprint density at radius 2 is 2.13 bits per heavy atom. The highest BCUT2D eigenvalue weighted by Crippen LogP contribution is 2.31. The molecule has 15 heavy (non-hydrogen) atoms. The van der Waals surface area contributed by atoms with Crippen LogP contribution in [0.1, 0.15) is 25.3 Å². The van der Waals surface area contributed by atoms with Crippen LogP contribution in [0, 0.1) is 0 Å². The molecule has 1 aromatic carbocycles. The highest BCUT2D eigenvalue weighted by molar-refractivity contribution is 5.75. The van der Waals surface area contributed by atoms with Gasteiger partial charge in [0.2, 0.25) is 0 Å². The fraction of sp³-hybridized carbons (Fsp3) is 0.417. The Labute approximate surface area is 88.9 Å². The van der Waals surface area contributed by atoms with Crippen LogP contribution in [0.2, 0.25) is 0 Å². The van der Waals surface area contributed by atoms with Crippen LogP contribution in [-0.2, 0) is 0 Å². The summed E-state index contributed by atoms with van der Waals surface area (Å²) in [4.78, 5) is 4.41. The maximum Gasteiger partial charge on any atom is 0.0961 e. The summed E-state index contributed by atoms with van der Waals surface area (Å²) < 4.78 is 2.24. The Hall–Kier alpha value is -1.35. The van der Waals surface area contributed by atoms with E-state index in [4.69, 9.17) is 5.73 Å². The third kappa shape index (κ3) is 1.35. The number of rotatable bonds is 1. The first-order valence-corrected chi connectivity index (χ1v) is 5.53. The number of benzene rings is 1. The van der Waals surface area contributed by atoms with Crippen LogP contribution in [0.4, 0.5) is 0 Å². The zero-order chi connectivity index (χ0) is 10.3. The first kappa shape index (κ1) is 8.92. The minimum absolute atomic E-state index is 0.294. The van der Waals surface area contributed by atoms with Gasteiger partial charge in [-0.3, -0.25) is 0 Å². The molecular weight excluding hydrogens is 186 g/mol. The lowest BCUT2D eigenvalue weighted by molar-refractivity contribution is 0.473. The number of hydrogen-bond donors (Lipinski definition) is 1. The maximum absolute atomic E-state index is 6.11. The number of nitrogens with two attached hydrogens (primary N) is 1. The van der Waals surface area contributed by atoms with Gasteiger partial charge in [0.15, 0.2) is 0 Å². The molecule has 1 aromatic heterocycles. The summed E-state index contributed by atoms with van der Waals surface area (Å²) in [5, 5.41) is 0.